The molecular weight excluding hydrogens is 343 g/mol. The first-order chi connectivity index (χ1) is 13.1. The smallest absolute Gasteiger partial charge is 0.225 e. The van der Waals surface area contributed by atoms with E-state index in [9.17, 15) is 9.18 Å². The predicted octanol–water partition coefficient (Wildman–Crippen LogP) is 3.22. The molecule has 142 valence electrons. The number of hydrogen-bond donors (Lipinski definition) is 0. The van der Waals surface area contributed by atoms with Crippen LogP contribution in [-0.4, -0.2) is 40.4 Å². The van der Waals surface area contributed by atoms with Gasteiger partial charge in [-0.05, 0) is 29.7 Å². The number of nitrogens with zero attached hydrogens (tertiary/aromatic N) is 4. The Bertz CT molecular complexity index is 825. The van der Waals surface area contributed by atoms with E-state index in [0.29, 0.717) is 12.5 Å². The first-order valence-corrected chi connectivity index (χ1v) is 9.65. The van der Waals surface area contributed by atoms with Gasteiger partial charge >= 0.3 is 0 Å². The van der Waals surface area contributed by atoms with Crippen LogP contribution in [0.3, 0.4) is 0 Å². The standard InChI is InChI=1S/C21H25FN4O/c1-3-5-15-9-23-21(24-10-15)25-11-17-12-26(14(2)27)20(19(17)13-25)16-6-4-7-18(22)8-16/h4,6-10,17,19-20H,3,5,11-13H2,1-2H3/t17-,19-,20-/m1/s1. The molecule has 1 amide bonds. The monoisotopic (exact) mass is 368 g/mol. The summed E-state index contributed by atoms with van der Waals surface area (Å²) in [4.78, 5) is 25.4. The van der Waals surface area contributed by atoms with Crippen molar-refractivity contribution in [1.82, 2.24) is 14.9 Å². The number of carbonyl (C=O) groups excluding carboxylic acids is 1. The van der Waals surface area contributed by atoms with E-state index in [0.717, 1.165) is 43.0 Å². The summed E-state index contributed by atoms with van der Waals surface area (Å²) in [5.41, 5.74) is 2.03. The number of carbonyl (C=O) groups is 1. The lowest BCUT2D eigenvalue weighted by Gasteiger charge is -2.29. The van der Waals surface area contributed by atoms with Crippen LogP contribution in [0, 0.1) is 17.7 Å². The zero-order valence-electron chi connectivity index (χ0n) is 15.8. The molecule has 0 spiro atoms. The molecule has 0 unspecified atom stereocenters. The number of fused-ring (bicyclic) bond motifs is 1. The number of benzene rings is 1. The summed E-state index contributed by atoms with van der Waals surface area (Å²) in [6.45, 7) is 6.05. The fraction of sp³-hybridized carbons (Fsp3) is 0.476. The number of aryl methyl sites for hydroxylation is 1. The number of amides is 1. The normalized spacial score (nSPS) is 24.3. The van der Waals surface area contributed by atoms with Crippen molar-refractivity contribution in [2.24, 2.45) is 11.8 Å². The molecule has 3 heterocycles. The van der Waals surface area contributed by atoms with Crippen molar-refractivity contribution in [3.8, 4) is 0 Å². The van der Waals surface area contributed by atoms with Crippen LogP contribution in [0.15, 0.2) is 36.7 Å². The molecule has 0 saturated carbocycles. The Kier molecular flexibility index (Phi) is 4.81. The summed E-state index contributed by atoms with van der Waals surface area (Å²) >= 11 is 0. The Labute approximate surface area is 159 Å². The third kappa shape index (κ3) is 3.40. The average Bonchev–Trinajstić information content (AvgIpc) is 3.20. The highest BCUT2D eigenvalue weighted by Gasteiger charge is 2.49. The van der Waals surface area contributed by atoms with Crippen LogP contribution in [0.4, 0.5) is 10.3 Å². The SMILES string of the molecule is CCCc1cnc(N2C[C@@H]3CN(C(C)=O)[C@H](c4cccc(F)c4)[C@@H]3C2)nc1. The van der Waals surface area contributed by atoms with Gasteiger partial charge in [0.05, 0.1) is 6.04 Å². The van der Waals surface area contributed by atoms with Crippen molar-refractivity contribution >= 4 is 11.9 Å². The number of halogens is 1. The van der Waals surface area contributed by atoms with Gasteiger partial charge in [-0.1, -0.05) is 25.5 Å². The summed E-state index contributed by atoms with van der Waals surface area (Å²) in [5.74, 6) is 1.14. The van der Waals surface area contributed by atoms with Crippen LogP contribution < -0.4 is 4.90 Å². The Morgan fingerprint density at radius 3 is 2.67 bits per heavy atom. The number of hydrogen-bond acceptors (Lipinski definition) is 4. The van der Waals surface area contributed by atoms with Crippen LogP contribution in [0.25, 0.3) is 0 Å². The van der Waals surface area contributed by atoms with Crippen LogP contribution >= 0.6 is 0 Å². The second-order valence-electron chi connectivity index (χ2n) is 7.64. The molecule has 1 aromatic carbocycles. The number of likely N-dealkylation sites (tertiary alicyclic amines) is 1. The Morgan fingerprint density at radius 1 is 1.22 bits per heavy atom. The van der Waals surface area contributed by atoms with E-state index in [1.807, 2.05) is 23.4 Å². The molecule has 5 nitrogen and oxygen atoms in total. The Morgan fingerprint density at radius 2 is 2.00 bits per heavy atom. The van der Waals surface area contributed by atoms with E-state index < -0.39 is 0 Å². The number of aromatic nitrogens is 2. The molecule has 27 heavy (non-hydrogen) atoms. The summed E-state index contributed by atoms with van der Waals surface area (Å²) in [7, 11) is 0. The number of rotatable bonds is 4. The molecule has 3 atom stereocenters. The topological polar surface area (TPSA) is 49.3 Å². The molecule has 2 aromatic rings. The van der Waals surface area contributed by atoms with Gasteiger partial charge in [0.15, 0.2) is 0 Å². The molecule has 6 heteroatoms. The van der Waals surface area contributed by atoms with Gasteiger partial charge in [-0.3, -0.25) is 4.79 Å². The van der Waals surface area contributed by atoms with E-state index >= 15 is 0 Å². The highest BCUT2D eigenvalue weighted by atomic mass is 19.1. The maximum Gasteiger partial charge on any atom is 0.225 e. The minimum Gasteiger partial charge on any atom is -0.340 e. The molecule has 4 rings (SSSR count). The average molecular weight is 368 g/mol. The summed E-state index contributed by atoms with van der Waals surface area (Å²) < 4.78 is 13.8. The van der Waals surface area contributed by atoms with Crippen molar-refractivity contribution in [3.05, 3.63) is 53.6 Å². The number of anilines is 1. The van der Waals surface area contributed by atoms with Crippen molar-refractivity contribution in [2.75, 3.05) is 24.5 Å². The van der Waals surface area contributed by atoms with Crippen LogP contribution in [-0.2, 0) is 11.2 Å². The molecule has 0 N–H and O–H groups in total. The van der Waals surface area contributed by atoms with E-state index in [1.165, 1.54) is 6.07 Å². The fourth-order valence-electron chi connectivity index (χ4n) is 4.58. The zero-order valence-corrected chi connectivity index (χ0v) is 15.8. The highest BCUT2D eigenvalue weighted by molar-refractivity contribution is 5.74. The Balaban J connectivity index is 1.57. The lowest BCUT2D eigenvalue weighted by molar-refractivity contribution is -0.130. The zero-order chi connectivity index (χ0) is 19.0. The minimum atomic E-state index is -0.260. The summed E-state index contributed by atoms with van der Waals surface area (Å²) in [5, 5.41) is 0. The molecule has 0 bridgehead atoms. The first-order valence-electron chi connectivity index (χ1n) is 9.65. The molecule has 2 fully saturated rings. The van der Waals surface area contributed by atoms with Gasteiger partial charge in [-0.15, -0.1) is 0 Å². The molecular formula is C21H25FN4O. The predicted molar refractivity (Wildman–Crippen MR) is 102 cm³/mol. The van der Waals surface area contributed by atoms with E-state index in [2.05, 4.69) is 21.8 Å². The molecule has 0 aliphatic carbocycles. The van der Waals surface area contributed by atoms with Crippen molar-refractivity contribution in [1.29, 1.82) is 0 Å². The van der Waals surface area contributed by atoms with Gasteiger partial charge in [0, 0.05) is 50.8 Å². The van der Waals surface area contributed by atoms with Crippen molar-refractivity contribution in [3.63, 3.8) is 0 Å². The summed E-state index contributed by atoms with van der Waals surface area (Å²) in [6, 6.07) is 6.55. The van der Waals surface area contributed by atoms with Gasteiger partial charge in [-0.2, -0.15) is 0 Å². The van der Waals surface area contributed by atoms with Crippen LogP contribution in [0.2, 0.25) is 0 Å². The molecule has 2 aliphatic heterocycles. The van der Waals surface area contributed by atoms with Gasteiger partial charge < -0.3 is 9.80 Å². The van der Waals surface area contributed by atoms with Crippen molar-refractivity contribution in [2.45, 2.75) is 32.7 Å². The quantitative estimate of drug-likeness (QED) is 0.831. The second-order valence-corrected chi connectivity index (χ2v) is 7.64. The van der Waals surface area contributed by atoms with Gasteiger partial charge in [-0.25, -0.2) is 14.4 Å². The maximum absolute atomic E-state index is 13.8. The van der Waals surface area contributed by atoms with E-state index in [-0.39, 0.29) is 23.7 Å². The molecule has 1 aromatic heterocycles. The van der Waals surface area contributed by atoms with Gasteiger partial charge in [0.1, 0.15) is 5.82 Å². The molecule has 2 saturated heterocycles. The molecule has 0 radical (unpaired) electrons. The lowest BCUT2D eigenvalue weighted by Crippen LogP contribution is -2.34. The van der Waals surface area contributed by atoms with Crippen molar-refractivity contribution < 1.29 is 9.18 Å². The lowest BCUT2D eigenvalue weighted by atomic mass is 9.89. The van der Waals surface area contributed by atoms with Crippen LogP contribution in [0.1, 0.15) is 37.4 Å². The second kappa shape index (κ2) is 7.25. The van der Waals surface area contributed by atoms with Crippen LogP contribution in [0.5, 0.6) is 0 Å². The first kappa shape index (κ1) is 17.9. The van der Waals surface area contributed by atoms with Gasteiger partial charge in [0.2, 0.25) is 11.9 Å². The van der Waals surface area contributed by atoms with Gasteiger partial charge in [0.25, 0.3) is 0 Å². The van der Waals surface area contributed by atoms with E-state index in [4.69, 9.17) is 0 Å². The third-order valence-electron chi connectivity index (χ3n) is 5.77. The maximum atomic E-state index is 13.8. The highest BCUT2D eigenvalue weighted by Crippen LogP contribution is 2.45. The fourth-order valence-corrected chi connectivity index (χ4v) is 4.58. The third-order valence-corrected chi connectivity index (χ3v) is 5.77. The molecule has 2 aliphatic rings. The largest absolute Gasteiger partial charge is 0.340 e. The minimum absolute atomic E-state index is 0.0466. The summed E-state index contributed by atoms with van der Waals surface area (Å²) in [6.07, 6.45) is 5.88. The Hall–Kier alpha value is -2.50. The van der Waals surface area contributed by atoms with E-state index in [1.54, 1.807) is 19.1 Å².